The fraction of sp³-hybridized carbons (Fsp3) is 0.938. The van der Waals surface area contributed by atoms with Crippen LogP contribution in [0.25, 0.3) is 0 Å². The van der Waals surface area contributed by atoms with Crippen LogP contribution < -0.4 is 0 Å². The van der Waals surface area contributed by atoms with Crippen molar-refractivity contribution in [3.05, 3.63) is 0 Å². The Hall–Kier alpha value is -0.420. The summed E-state index contributed by atoms with van der Waals surface area (Å²) < 4.78 is 37.0. The molecular weight excluding hydrogens is 314 g/mol. The second-order valence-corrected chi connectivity index (χ2v) is 6.95. The summed E-state index contributed by atoms with van der Waals surface area (Å²) in [5.74, 6) is -1.13. The highest BCUT2D eigenvalue weighted by Gasteiger charge is 2.52. The van der Waals surface area contributed by atoms with E-state index in [0.29, 0.717) is 6.42 Å². The second kappa shape index (κ2) is 7.00. The first-order valence-corrected chi connectivity index (χ1v) is 8.32. The van der Waals surface area contributed by atoms with Gasteiger partial charge in [0.25, 0.3) is 0 Å². The van der Waals surface area contributed by atoms with Gasteiger partial charge in [-0.15, -0.1) is 0 Å². The van der Waals surface area contributed by atoms with Gasteiger partial charge >= 0.3 is 5.97 Å². The first kappa shape index (κ1) is 19.6. The predicted molar refractivity (Wildman–Crippen MR) is 82.3 cm³/mol. The lowest BCUT2D eigenvalue weighted by molar-refractivity contribution is -0.149. The molecule has 130 valence electrons. The van der Waals surface area contributed by atoms with Crippen molar-refractivity contribution in [1.82, 2.24) is 0 Å². The van der Waals surface area contributed by atoms with Gasteiger partial charge in [-0.2, -0.15) is 0 Å². The third-order valence-corrected chi connectivity index (χ3v) is 5.59. The molecule has 3 nitrogen and oxygen atoms in total. The lowest BCUT2D eigenvalue weighted by Crippen LogP contribution is -2.32. The standard InChI is InChI=1S/C8H14ClFO.C8H13FO2/c1-4-6-5(2)8(3,10)7(9)11-6;1-4-6-5(2)8(3,9)7(10)11-6/h5-7H,4H2,1-3H3;5-6H,4H2,1-3H3/t5-,6-,7?,8-;5-,6-,8-/m11/s1. The van der Waals surface area contributed by atoms with Crippen LogP contribution in [0.5, 0.6) is 0 Å². The highest BCUT2D eigenvalue weighted by atomic mass is 35.5. The second-order valence-electron chi connectivity index (χ2n) is 6.56. The van der Waals surface area contributed by atoms with Gasteiger partial charge in [0.1, 0.15) is 6.10 Å². The molecule has 2 aliphatic heterocycles. The summed E-state index contributed by atoms with van der Waals surface area (Å²) in [5, 5.41) is 0. The number of halogens is 3. The van der Waals surface area contributed by atoms with Gasteiger partial charge in [0.05, 0.1) is 6.10 Å². The molecule has 0 aromatic carbocycles. The van der Waals surface area contributed by atoms with E-state index in [-0.39, 0.29) is 24.0 Å². The Morgan fingerprint density at radius 3 is 1.77 bits per heavy atom. The van der Waals surface area contributed by atoms with Crippen LogP contribution in [-0.2, 0) is 14.3 Å². The molecule has 7 atom stereocenters. The van der Waals surface area contributed by atoms with Crippen molar-refractivity contribution in [2.24, 2.45) is 11.8 Å². The first-order chi connectivity index (χ1) is 9.99. The van der Waals surface area contributed by atoms with Crippen molar-refractivity contribution in [3.63, 3.8) is 0 Å². The van der Waals surface area contributed by atoms with E-state index in [9.17, 15) is 13.6 Å². The summed E-state index contributed by atoms with van der Waals surface area (Å²) in [6.07, 6.45) is 1.25. The van der Waals surface area contributed by atoms with E-state index in [1.807, 2.05) is 20.8 Å². The summed E-state index contributed by atoms with van der Waals surface area (Å²) in [7, 11) is 0. The molecular formula is C16H27ClF2O3. The Balaban J connectivity index is 0.000000220. The van der Waals surface area contributed by atoms with Crippen molar-refractivity contribution in [3.8, 4) is 0 Å². The minimum absolute atomic E-state index is 0.0208. The highest BCUT2D eigenvalue weighted by Crippen LogP contribution is 2.42. The molecule has 0 N–H and O–H groups in total. The van der Waals surface area contributed by atoms with E-state index in [0.717, 1.165) is 6.42 Å². The monoisotopic (exact) mass is 340 g/mol. The van der Waals surface area contributed by atoms with Gasteiger partial charge in [-0.3, -0.25) is 0 Å². The molecule has 0 saturated carbocycles. The molecule has 2 aliphatic rings. The van der Waals surface area contributed by atoms with Crippen LogP contribution in [-0.4, -0.2) is 35.1 Å². The van der Waals surface area contributed by atoms with Gasteiger partial charge < -0.3 is 9.47 Å². The predicted octanol–water partition coefficient (Wildman–Crippen LogP) is 4.41. The van der Waals surface area contributed by atoms with E-state index in [4.69, 9.17) is 21.1 Å². The van der Waals surface area contributed by atoms with Crippen LogP contribution in [0.2, 0.25) is 0 Å². The van der Waals surface area contributed by atoms with Crippen molar-refractivity contribution in [1.29, 1.82) is 0 Å². The Bertz CT molecular complexity index is 401. The lowest BCUT2D eigenvalue weighted by Gasteiger charge is -2.20. The number of carbonyl (C=O) groups is 1. The number of carbonyl (C=O) groups excluding carboxylic acids is 1. The largest absolute Gasteiger partial charge is 0.460 e. The van der Waals surface area contributed by atoms with E-state index in [2.05, 4.69) is 0 Å². The molecule has 2 rings (SSSR count). The number of hydrogen-bond donors (Lipinski definition) is 0. The van der Waals surface area contributed by atoms with Gasteiger partial charge in [-0.05, 0) is 26.7 Å². The summed E-state index contributed by atoms with van der Waals surface area (Å²) in [5.41, 5.74) is -3.93. The average molecular weight is 341 g/mol. The maximum atomic E-state index is 13.6. The van der Waals surface area contributed by atoms with Crippen molar-refractivity contribution >= 4 is 17.6 Å². The molecule has 22 heavy (non-hydrogen) atoms. The summed E-state index contributed by atoms with van der Waals surface area (Å²) >= 11 is 5.67. The molecule has 0 spiro atoms. The topological polar surface area (TPSA) is 35.5 Å². The van der Waals surface area contributed by atoms with Crippen LogP contribution in [0.3, 0.4) is 0 Å². The smallest absolute Gasteiger partial charge is 0.344 e. The zero-order chi connectivity index (χ0) is 17.3. The fourth-order valence-electron chi connectivity index (χ4n) is 2.75. The molecule has 2 fully saturated rings. The van der Waals surface area contributed by atoms with Crippen LogP contribution in [0, 0.1) is 11.8 Å². The van der Waals surface area contributed by atoms with Crippen molar-refractivity contribution < 1.29 is 23.0 Å². The number of cyclic esters (lactones) is 1. The summed E-state index contributed by atoms with van der Waals surface area (Å²) in [6.45, 7) is 10.2. The number of esters is 1. The van der Waals surface area contributed by atoms with Gasteiger partial charge in [0.2, 0.25) is 5.67 Å². The van der Waals surface area contributed by atoms with Crippen LogP contribution in [0.15, 0.2) is 0 Å². The molecule has 0 radical (unpaired) electrons. The maximum Gasteiger partial charge on any atom is 0.344 e. The molecule has 0 aromatic heterocycles. The minimum atomic E-state index is -1.78. The molecule has 0 amide bonds. The van der Waals surface area contributed by atoms with Crippen LogP contribution in [0.4, 0.5) is 8.78 Å². The van der Waals surface area contributed by atoms with Crippen molar-refractivity contribution in [2.75, 3.05) is 0 Å². The maximum absolute atomic E-state index is 13.6. The van der Waals surface area contributed by atoms with E-state index < -0.39 is 22.9 Å². The SMILES string of the molecule is CC[C@H]1OC(=O)[C@](C)(F)[C@@H]1C.CC[C@H]1OC(Cl)[C@](C)(F)[C@@H]1C. The quantitative estimate of drug-likeness (QED) is 0.551. The normalized spacial score (nSPS) is 47.9. The Kier molecular flexibility index (Phi) is 6.24. The van der Waals surface area contributed by atoms with Gasteiger partial charge in [-0.25, -0.2) is 13.6 Å². The van der Waals surface area contributed by atoms with Gasteiger partial charge in [-0.1, -0.05) is 39.3 Å². The fourth-order valence-corrected chi connectivity index (χ4v) is 3.08. The lowest BCUT2D eigenvalue weighted by atomic mass is 9.90. The zero-order valence-corrected chi connectivity index (χ0v) is 14.9. The molecule has 2 heterocycles. The van der Waals surface area contributed by atoms with E-state index in [1.54, 1.807) is 6.92 Å². The number of ether oxygens (including phenoxy) is 2. The van der Waals surface area contributed by atoms with Crippen LogP contribution >= 0.6 is 11.6 Å². The average Bonchev–Trinajstić information content (AvgIpc) is 2.78. The molecule has 0 aliphatic carbocycles. The van der Waals surface area contributed by atoms with Gasteiger partial charge in [0.15, 0.2) is 11.2 Å². The Morgan fingerprint density at radius 1 is 1.09 bits per heavy atom. The zero-order valence-electron chi connectivity index (χ0n) is 14.2. The molecule has 1 unspecified atom stereocenters. The molecule has 0 bridgehead atoms. The van der Waals surface area contributed by atoms with Crippen LogP contribution in [0.1, 0.15) is 54.4 Å². The Labute approximate surface area is 136 Å². The van der Waals surface area contributed by atoms with Crippen molar-refractivity contribution in [2.45, 2.75) is 83.5 Å². The summed E-state index contributed by atoms with van der Waals surface area (Å²) in [6, 6.07) is 0. The number of rotatable bonds is 2. The number of hydrogen-bond acceptors (Lipinski definition) is 3. The number of alkyl halides is 3. The third-order valence-electron chi connectivity index (χ3n) is 5.06. The van der Waals surface area contributed by atoms with E-state index in [1.165, 1.54) is 13.8 Å². The first-order valence-electron chi connectivity index (χ1n) is 7.88. The third kappa shape index (κ3) is 3.56. The molecule has 0 aromatic rings. The Morgan fingerprint density at radius 2 is 1.59 bits per heavy atom. The highest BCUT2D eigenvalue weighted by molar-refractivity contribution is 6.20. The minimum Gasteiger partial charge on any atom is -0.460 e. The van der Waals surface area contributed by atoms with E-state index >= 15 is 0 Å². The summed E-state index contributed by atoms with van der Waals surface area (Å²) in [4.78, 5) is 10.9. The molecule has 6 heteroatoms. The van der Waals surface area contributed by atoms with Gasteiger partial charge in [0, 0.05) is 11.8 Å². The molecule has 2 saturated heterocycles.